The van der Waals surface area contributed by atoms with Crippen molar-refractivity contribution < 1.29 is 4.74 Å². The molecule has 0 saturated carbocycles. The van der Waals surface area contributed by atoms with E-state index in [-0.39, 0.29) is 11.5 Å². The van der Waals surface area contributed by atoms with Crippen LogP contribution in [0.2, 0.25) is 0 Å². The van der Waals surface area contributed by atoms with Crippen molar-refractivity contribution in [1.82, 2.24) is 4.90 Å². The van der Waals surface area contributed by atoms with Crippen molar-refractivity contribution in [2.24, 2.45) is 11.1 Å². The molecule has 0 amide bonds. The van der Waals surface area contributed by atoms with Crippen LogP contribution in [0, 0.1) is 5.41 Å². The highest BCUT2D eigenvalue weighted by atomic mass is 16.5. The summed E-state index contributed by atoms with van der Waals surface area (Å²) < 4.78 is 5.85. The second kappa shape index (κ2) is 6.72. The van der Waals surface area contributed by atoms with Crippen LogP contribution in [0.3, 0.4) is 0 Å². The van der Waals surface area contributed by atoms with Gasteiger partial charge in [-0.3, -0.25) is 4.90 Å². The number of piperidine rings is 1. The maximum absolute atomic E-state index is 6.24. The number of nitrogens with two attached hydrogens (primary N) is 1. The van der Waals surface area contributed by atoms with Gasteiger partial charge < -0.3 is 10.5 Å². The third-order valence-corrected chi connectivity index (χ3v) is 3.59. The second-order valence-corrected chi connectivity index (χ2v) is 6.37. The van der Waals surface area contributed by atoms with E-state index in [1.54, 1.807) is 0 Å². The lowest BCUT2D eigenvalue weighted by atomic mass is 9.87. The maximum Gasteiger partial charge on any atom is 0.0702 e. The Bertz CT molecular complexity index is 213. The Morgan fingerprint density at radius 1 is 1.41 bits per heavy atom. The molecule has 2 atom stereocenters. The van der Waals surface area contributed by atoms with E-state index < -0.39 is 0 Å². The molecule has 3 heteroatoms. The van der Waals surface area contributed by atoms with Crippen LogP contribution in [-0.2, 0) is 4.74 Å². The van der Waals surface area contributed by atoms with Crippen molar-refractivity contribution in [2.75, 3.05) is 26.2 Å². The Hall–Kier alpha value is -0.120. The molecule has 1 fully saturated rings. The highest BCUT2D eigenvalue weighted by Crippen LogP contribution is 2.20. The van der Waals surface area contributed by atoms with Crippen molar-refractivity contribution in [2.45, 2.75) is 59.1 Å². The summed E-state index contributed by atoms with van der Waals surface area (Å²) in [4.78, 5) is 2.47. The fraction of sp³-hybridized carbons (Fsp3) is 1.00. The molecule has 17 heavy (non-hydrogen) atoms. The molecule has 102 valence electrons. The second-order valence-electron chi connectivity index (χ2n) is 6.37. The molecule has 0 aromatic carbocycles. The van der Waals surface area contributed by atoms with E-state index in [0.29, 0.717) is 6.10 Å². The predicted molar refractivity (Wildman–Crippen MR) is 73.1 cm³/mol. The molecule has 3 nitrogen and oxygen atoms in total. The van der Waals surface area contributed by atoms with Gasteiger partial charge in [0.2, 0.25) is 0 Å². The first-order valence-corrected chi connectivity index (χ1v) is 7.03. The Balaban J connectivity index is 2.34. The van der Waals surface area contributed by atoms with Crippen LogP contribution in [0.25, 0.3) is 0 Å². The zero-order valence-electron chi connectivity index (χ0n) is 12.0. The van der Waals surface area contributed by atoms with Gasteiger partial charge in [0.05, 0.1) is 6.10 Å². The number of hydrogen-bond donors (Lipinski definition) is 1. The first-order chi connectivity index (χ1) is 7.93. The van der Waals surface area contributed by atoms with Crippen molar-refractivity contribution in [3.63, 3.8) is 0 Å². The molecule has 0 bridgehead atoms. The SMILES string of the molecule is CCCOC1CCCN(CC(N)C(C)(C)C)C1. The van der Waals surface area contributed by atoms with Crippen LogP contribution < -0.4 is 5.73 Å². The maximum atomic E-state index is 6.24. The molecule has 0 spiro atoms. The summed E-state index contributed by atoms with van der Waals surface area (Å²) in [5.41, 5.74) is 6.44. The van der Waals surface area contributed by atoms with Crippen LogP contribution >= 0.6 is 0 Å². The third-order valence-electron chi connectivity index (χ3n) is 3.59. The van der Waals surface area contributed by atoms with Gasteiger partial charge in [-0.15, -0.1) is 0 Å². The van der Waals surface area contributed by atoms with Crippen molar-refractivity contribution >= 4 is 0 Å². The minimum absolute atomic E-state index is 0.192. The molecule has 2 N–H and O–H groups in total. The molecular formula is C14H30N2O. The van der Waals surface area contributed by atoms with Crippen molar-refractivity contribution in [3.05, 3.63) is 0 Å². The third kappa shape index (κ3) is 5.36. The smallest absolute Gasteiger partial charge is 0.0702 e. The lowest BCUT2D eigenvalue weighted by molar-refractivity contribution is -0.00415. The highest BCUT2D eigenvalue weighted by molar-refractivity contribution is 4.83. The molecule has 0 aliphatic carbocycles. The van der Waals surface area contributed by atoms with Gasteiger partial charge >= 0.3 is 0 Å². The van der Waals surface area contributed by atoms with Crippen LogP contribution in [-0.4, -0.2) is 43.3 Å². The van der Waals surface area contributed by atoms with E-state index in [1.165, 1.54) is 19.4 Å². The highest BCUT2D eigenvalue weighted by Gasteiger charge is 2.26. The fourth-order valence-corrected chi connectivity index (χ4v) is 2.15. The van der Waals surface area contributed by atoms with Crippen molar-refractivity contribution in [3.8, 4) is 0 Å². The van der Waals surface area contributed by atoms with Gasteiger partial charge in [-0.05, 0) is 31.2 Å². The van der Waals surface area contributed by atoms with E-state index in [1.807, 2.05) is 0 Å². The Morgan fingerprint density at radius 3 is 2.71 bits per heavy atom. The van der Waals surface area contributed by atoms with Gasteiger partial charge in [0.15, 0.2) is 0 Å². The molecule has 1 heterocycles. The summed E-state index contributed by atoms with van der Waals surface area (Å²) in [6, 6.07) is 0.243. The topological polar surface area (TPSA) is 38.5 Å². The quantitative estimate of drug-likeness (QED) is 0.803. The van der Waals surface area contributed by atoms with E-state index in [4.69, 9.17) is 10.5 Å². The molecular weight excluding hydrogens is 212 g/mol. The summed E-state index contributed by atoms with van der Waals surface area (Å²) >= 11 is 0. The van der Waals surface area contributed by atoms with Crippen LogP contribution in [0.1, 0.15) is 47.0 Å². The van der Waals surface area contributed by atoms with Crippen molar-refractivity contribution in [1.29, 1.82) is 0 Å². The molecule has 2 unspecified atom stereocenters. The molecule has 0 aromatic heterocycles. The first-order valence-electron chi connectivity index (χ1n) is 7.03. The summed E-state index contributed by atoms with van der Waals surface area (Å²) in [7, 11) is 0. The molecule has 1 rings (SSSR count). The van der Waals surface area contributed by atoms with E-state index in [2.05, 4.69) is 32.6 Å². The molecule has 0 aromatic rings. The lowest BCUT2D eigenvalue weighted by Gasteiger charge is -2.37. The minimum Gasteiger partial charge on any atom is -0.377 e. The molecule has 1 saturated heterocycles. The van der Waals surface area contributed by atoms with Gasteiger partial charge in [0.1, 0.15) is 0 Å². The minimum atomic E-state index is 0.192. The zero-order valence-corrected chi connectivity index (χ0v) is 12.0. The summed E-state index contributed by atoms with van der Waals surface area (Å²) in [6.07, 6.45) is 3.99. The van der Waals surface area contributed by atoms with Gasteiger partial charge in [0.25, 0.3) is 0 Å². The lowest BCUT2D eigenvalue weighted by Crippen LogP contribution is -2.49. The van der Waals surface area contributed by atoms with Gasteiger partial charge in [-0.25, -0.2) is 0 Å². The largest absolute Gasteiger partial charge is 0.377 e. The number of rotatable bonds is 5. The molecule has 1 aliphatic rings. The van der Waals surface area contributed by atoms with Gasteiger partial charge in [-0.1, -0.05) is 27.7 Å². The van der Waals surface area contributed by atoms with Gasteiger partial charge in [0, 0.05) is 25.7 Å². The average Bonchev–Trinajstić information content (AvgIpc) is 2.25. The molecule has 1 aliphatic heterocycles. The average molecular weight is 242 g/mol. The Labute approximate surface area is 107 Å². The fourth-order valence-electron chi connectivity index (χ4n) is 2.15. The van der Waals surface area contributed by atoms with Crippen LogP contribution in [0.4, 0.5) is 0 Å². The van der Waals surface area contributed by atoms with E-state index in [0.717, 1.165) is 26.1 Å². The zero-order chi connectivity index (χ0) is 12.9. The van der Waals surface area contributed by atoms with E-state index >= 15 is 0 Å². The Kier molecular flexibility index (Phi) is 5.90. The number of likely N-dealkylation sites (tertiary alicyclic amines) is 1. The van der Waals surface area contributed by atoms with E-state index in [9.17, 15) is 0 Å². The van der Waals surface area contributed by atoms with Gasteiger partial charge in [-0.2, -0.15) is 0 Å². The molecule has 0 radical (unpaired) electrons. The summed E-state index contributed by atoms with van der Waals surface area (Å²) in [6.45, 7) is 12.9. The standard InChI is InChI=1S/C14H30N2O/c1-5-9-17-12-7-6-8-16(10-12)11-13(15)14(2,3)4/h12-13H,5-11,15H2,1-4H3. The number of hydrogen-bond acceptors (Lipinski definition) is 3. The predicted octanol–water partition coefficient (Wildman–Crippen LogP) is 2.25. The Morgan fingerprint density at radius 2 is 2.12 bits per heavy atom. The summed E-state index contributed by atoms with van der Waals surface area (Å²) in [5, 5.41) is 0. The monoisotopic (exact) mass is 242 g/mol. The first kappa shape index (κ1) is 14.9. The number of nitrogens with zero attached hydrogens (tertiary/aromatic N) is 1. The number of ether oxygens (including phenoxy) is 1. The normalized spacial score (nSPS) is 24.9. The summed E-state index contributed by atoms with van der Waals surface area (Å²) in [5.74, 6) is 0. The van der Waals surface area contributed by atoms with Crippen LogP contribution in [0.15, 0.2) is 0 Å². The van der Waals surface area contributed by atoms with Crippen LogP contribution in [0.5, 0.6) is 0 Å².